The minimum Gasteiger partial charge on any atom is -0.346 e. The zero-order valence-electron chi connectivity index (χ0n) is 49.9. The van der Waals surface area contributed by atoms with Crippen LogP contribution in [0, 0.1) is 22.7 Å². The Morgan fingerprint density at radius 1 is 0.267 bits per heavy atom. The van der Waals surface area contributed by atoms with E-state index in [2.05, 4.69) is 301 Å². The highest BCUT2D eigenvalue weighted by Crippen LogP contribution is 2.43. The molecule has 0 fully saturated rings. The summed E-state index contributed by atoms with van der Waals surface area (Å²) in [5.41, 5.74) is 18.1. The molecule has 0 bridgehead atoms. The normalized spacial score (nSPS) is 11.6. The smallest absolute Gasteiger partial charge is 0.185 e. The van der Waals surface area contributed by atoms with Gasteiger partial charge in [0, 0.05) is 32.6 Å². The first-order chi connectivity index (χ1) is 44.4. The van der Waals surface area contributed by atoms with E-state index in [0.29, 0.717) is 43.5 Å². The minimum atomic E-state index is -1.48. The third kappa shape index (κ3) is 13.0. The molecule has 0 spiro atoms. The van der Waals surface area contributed by atoms with Gasteiger partial charge in [0.05, 0.1) is 6.07 Å². The van der Waals surface area contributed by atoms with Gasteiger partial charge in [0.2, 0.25) is 0 Å². The van der Waals surface area contributed by atoms with Crippen LogP contribution in [-0.4, -0.2) is 9.97 Å². The van der Waals surface area contributed by atoms with E-state index in [1.165, 1.54) is 0 Å². The summed E-state index contributed by atoms with van der Waals surface area (Å²) >= 11 is 0. The Kier molecular flexibility index (Phi) is 17.2. The highest BCUT2D eigenvalue weighted by atomic mass is 15.2. The summed E-state index contributed by atoms with van der Waals surface area (Å²) in [6, 6.07) is 119. The summed E-state index contributed by atoms with van der Waals surface area (Å²) in [5, 5.41) is 24.5. The first-order valence-electron chi connectivity index (χ1n) is 30.6. The predicted octanol–water partition coefficient (Wildman–Crippen LogP) is 19.8. The highest BCUT2D eigenvalue weighted by molar-refractivity contribution is 5.71. The van der Waals surface area contributed by atoms with Crippen LogP contribution in [0.4, 0.5) is 11.6 Å². The maximum Gasteiger partial charge on any atom is 0.185 e. The van der Waals surface area contributed by atoms with Crippen molar-refractivity contribution in [3.63, 3.8) is 0 Å². The summed E-state index contributed by atoms with van der Waals surface area (Å²) in [6.45, 7) is 1.53. The second-order valence-electron chi connectivity index (χ2n) is 22.8. The fourth-order valence-corrected chi connectivity index (χ4v) is 12.1. The van der Waals surface area contributed by atoms with Gasteiger partial charge in [-0.2, -0.15) is 10.5 Å². The molecular formula is C84H64N6. The number of aromatic nitrogens is 2. The number of anilines is 2. The molecule has 1 heterocycles. The summed E-state index contributed by atoms with van der Waals surface area (Å²) in [6.07, 6.45) is 0.240. The van der Waals surface area contributed by atoms with E-state index in [9.17, 15) is 10.5 Å². The number of nitriles is 2. The Hall–Kier alpha value is -11.7. The van der Waals surface area contributed by atoms with E-state index in [0.717, 1.165) is 100 Å². The average molecular weight is 1160 g/mol. The van der Waals surface area contributed by atoms with Crippen LogP contribution in [0.25, 0.3) is 66.8 Å². The molecule has 1 unspecified atom stereocenters. The number of nitrogens with zero attached hydrogens (tertiary/aromatic N) is 6. The van der Waals surface area contributed by atoms with E-state index >= 15 is 0 Å². The van der Waals surface area contributed by atoms with Crippen molar-refractivity contribution >= 4 is 11.6 Å². The van der Waals surface area contributed by atoms with Crippen LogP contribution in [0.3, 0.4) is 0 Å². The lowest BCUT2D eigenvalue weighted by atomic mass is 9.73. The Morgan fingerprint density at radius 3 is 0.778 bits per heavy atom. The molecule has 0 amide bonds. The summed E-state index contributed by atoms with van der Waals surface area (Å²) in [4.78, 5) is 15.9. The molecule has 0 aliphatic carbocycles. The van der Waals surface area contributed by atoms with Crippen LogP contribution in [-0.2, 0) is 38.0 Å². The van der Waals surface area contributed by atoms with Crippen LogP contribution in [0.1, 0.15) is 44.8 Å². The van der Waals surface area contributed by atoms with Gasteiger partial charge >= 0.3 is 0 Å². The minimum absolute atomic E-state index is 0.151. The number of hydrogen-bond donors (Lipinski definition) is 0. The zero-order chi connectivity index (χ0) is 60.9. The zero-order valence-corrected chi connectivity index (χ0v) is 49.9. The van der Waals surface area contributed by atoms with Gasteiger partial charge in [0.1, 0.15) is 17.2 Å². The van der Waals surface area contributed by atoms with Gasteiger partial charge in [0.15, 0.2) is 17.3 Å². The number of rotatable bonds is 20. The molecule has 1 aromatic heterocycles. The maximum absolute atomic E-state index is 12.7. The van der Waals surface area contributed by atoms with Crippen molar-refractivity contribution in [3.8, 4) is 78.9 Å². The molecule has 13 rings (SSSR count). The molecule has 1 atom stereocenters. The lowest BCUT2D eigenvalue weighted by Crippen LogP contribution is -2.36. The molecule has 0 aliphatic heterocycles. The fraction of sp³-hybridized carbons (Fsp3) is 0.0714. The number of benzene rings is 12. The molecule has 13 aromatic rings. The molecule has 0 saturated heterocycles. The second-order valence-corrected chi connectivity index (χ2v) is 22.8. The quantitative estimate of drug-likeness (QED) is 0.0756. The monoisotopic (exact) mass is 1160 g/mol. The molecule has 0 N–H and O–H groups in total. The van der Waals surface area contributed by atoms with Crippen LogP contribution in [0.5, 0.6) is 0 Å². The van der Waals surface area contributed by atoms with E-state index in [1.54, 1.807) is 0 Å². The van der Waals surface area contributed by atoms with E-state index < -0.39 is 5.41 Å². The average Bonchev–Trinajstić information content (AvgIpc) is 0.814. The molecule has 430 valence electrons. The van der Waals surface area contributed by atoms with Gasteiger partial charge in [-0.25, -0.2) is 9.97 Å². The molecule has 6 nitrogen and oxygen atoms in total. The lowest BCUT2D eigenvalue weighted by Gasteiger charge is -2.35. The van der Waals surface area contributed by atoms with Crippen molar-refractivity contribution in [2.24, 2.45) is 0 Å². The van der Waals surface area contributed by atoms with Gasteiger partial charge in [0.25, 0.3) is 0 Å². The van der Waals surface area contributed by atoms with Gasteiger partial charge in [-0.15, -0.1) is 0 Å². The van der Waals surface area contributed by atoms with Crippen molar-refractivity contribution in [1.29, 1.82) is 10.5 Å². The van der Waals surface area contributed by atoms with Crippen LogP contribution < -0.4 is 9.80 Å². The molecule has 6 heteroatoms. The summed E-state index contributed by atoms with van der Waals surface area (Å²) < 4.78 is 0. The van der Waals surface area contributed by atoms with Crippen LogP contribution in [0.15, 0.2) is 328 Å². The fourth-order valence-electron chi connectivity index (χ4n) is 12.1. The van der Waals surface area contributed by atoms with Crippen molar-refractivity contribution in [2.45, 2.75) is 38.0 Å². The molecule has 0 aliphatic rings. The Labute approximate surface area is 528 Å². The molecule has 12 aromatic carbocycles. The van der Waals surface area contributed by atoms with Crippen LogP contribution >= 0.6 is 0 Å². The first-order valence-corrected chi connectivity index (χ1v) is 30.6. The van der Waals surface area contributed by atoms with Crippen molar-refractivity contribution in [3.05, 3.63) is 372 Å². The van der Waals surface area contributed by atoms with E-state index in [-0.39, 0.29) is 12.1 Å². The summed E-state index contributed by atoms with van der Waals surface area (Å²) in [7, 11) is 0. The van der Waals surface area contributed by atoms with Crippen LogP contribution in [0.2, 0.25) is 0 Å². The Bertz CT molecular complexity index is 4380. The Balaban J connectivity index is 1.02. The first kappa shape index (κ1) is 57.4. The highest BCUT2D eigenvalue weighted by Gasteiger charge is 2.42. The molecule has 90 heavy (non-hydrogen) atoms. The SMILES string of the molecule is N#Cc1nc(N(Cc2ccc(-c3ccccc3)cc2)Cc2ccc(-c3ccccc3)cc2)c(C(C#N)(Cc2ccc(-c3ccccc3)cc2)c2ccc(-c3ccccc3)cc2)nc1N(Cc1ccc(-c2ccccc2)cc1)Cc1ccc(-c2ccccc2)cc1. The second kappa shape index (κ2) is 26.9. The molecule has 0 saturated carbocycles. The van der Waals surface area contributed by atoms with Gasteiger partial charge in [-0.3, -0.25) is 0 Å². The van der Waals surface area contributed by atoms with Crippen molar-refractivity contribution in [1.82, 2.24) is 9.97 Å². The number of hydrogen-bond acceptors (Lipinski definition) is 6. The van der Waals surface area contributed by atoms with Crippen molar-refractivity contribution in [2.75, 3.05) is 9.80 Å². The van der Waals surface area contributed by atoms with Crippen molar-refractivity contribution < 1.29 is 0 Å². The third-order valence-electron chi connectivity index (χ3n) is 16.9. The molecule has 0 radical (unpaired) electrons. The molecular weight excluding hydrogens is 1090 g/mol. The largest absolute Gasteiger partial charge is 0.346 e. The van der Waals surface area contributed by atoms with Gasteiger partial charge in [-0.1, -0.05) is 328 Å². The van der Waals surface area contributed by atoms with Gasteiger partial charge in [-0.05, 0) is 100 Å². The topological polar surface area (TPSA) is 79.8 Å². The lowest BCUT2D eigenvalue weighted by molar-refractivity contribution is 0.612. The third-order valence-corrected chi connectivity index (χ3v) is 16.9. The van der Waals surface area contributed by atoms with E-state index in [1.807, 2.05) is 48.5 Å². The standard InChI is InChI=1S/C84H64N6/c85-56-80-82(89(57-63-33-43-74(44-34-63)68-21-9-2-10-22-68)58-64-35-45-75(46-36-64)69-23-11-3-12-24-69)88-81(84(61-86,79-53-51-78(52-54-79)72-29-17-6-18-30-72)55-62-31-41-73(42-32-62)67-19-7-1-8-20-67)83(87-80)90(59-65-37-47-76(48-38-65)70-25-13-4-14-26-70)60-66-39-49-77(50-40-66)71-27-15-5-16-28-71/h1-54H,55,57-60H2. The Morgan fingerprint density at radius 2 is 0.511 bits per heavy atom. The van der Waals surface area contributed by atoms with Gasteiger partial charge < -0.3 is 9.80 Å². The van der Waals surface area contributed by atoms with E-state index in [4.69, 9.17) is 9.97 Å². The predicted molar refractivity (Wildman–Crippen MR) is 368 cm³/mol. The maximum atomic E-state index is 12.7. The summed E-state index contributed by atoms with van der Waals surface area (Å²) in [5.74, 6) is 0.832.